The number of hydrogen-bond acceptors (Lipinski definition) is 5. The Morgan fingerprint density at radius 2 is 2.23 bits per heavy atom. The maximum Gasteiger partial charge on any atom is 0.302 e. The van der Waals surface area contributed by atoms with Gasteiger partial charge in [0.15, 0.2) is 5.83 Å². The Morgan fingerprint density at radius 3 is 2.86 bits per heavy atom. The molecular weight excluding hydrogens is 337 g/mol. The highest BCUT2D eigenvalue weighted by atomic mass is 32.2. The van der Waals surface area contributed by atoms with E-state index in [9.17, 15) is 17.7 Å². The smallest absolute Gasteiger partial charge is 0.302 e. The molecule has 1 aromatic heterocycles. The molecule has 0 aliphatic heterocycles. The molecule has 1 heterocycles. The Balaban J connectivity index is 2.43. The van der Waals surface area contributed by atoms with Gasteiger partial charge < -0.3 is 9.39 Å². The maximum absolute atomic E-state index is 12.6. The van der Waals surface area contributed by atoms with Crippen LogP contribution in [0.25, 0.3) is 0 Å². The summed E-state index contributed by atoms with van der Waals surface area (Å²) in [5.74, 6) is -1.25. The topological polar surface area (TPSA) is 57.5 Å². The van der Waals surface area contributed by atoms with Gasteiger partial charge in [0.2, 0.25) is 0 Å². The van der Waals surface area contributed by atoms with Crippen molar-refractivity contribution in [3.63, 3.8) is 0 Å². The minimum absolute atomic E-state index is 0.238. The summed E-state index contributed by atoms with van der Waals surface area (Å²) in [6.07, 6.45) is 0.841. The SMILES string of the molecule is CC(C)CCON=Cc1cnc([S+]([O-])CCC(F)=C(F)F)s1. The zero-order valence-electron chi connectivity index (χ0n) is 12.2. The van der Waals surface area contributed by atoms with Gasteiger partial charge in [-0.1, -0.05) is 30.3 Å². The van der Waals surface area contributed by atoms with E-state index in [2.05, 4.69) is 24.0 Å². The monoisotopic (exact) mass is 354 g/mol. The minimum Gasteiger partial charge on any atom is -0.610 e. The third-order valence-corrected chi connectivity index (χ3v) is 5.05. The van der Waals surface area contributed by atoms with Gasteiger partial charge in [-0.15, -0.1) is 0 Å². The van der Waals surface area contributed by atoms with Crippen LogP contribution < -0.4 is 0 Å². The molecule has 0 spiro atoms. The van der Waals surface area contributed by atoms with Gasteiger partial charge in [-0.05, 0) is 12.3 Å². The van der Waals surface area contributed by atoms with E-state index < -0.39 is 29.5 Å². The Bertz CT molecular complexity index is 517. The van der Waals surface area contributed by atoms with Crippen LogP contribution in [0.4, 0.5) is 13.2 Å². The number of oxime groups is 1. The number of rotatable bonds is 9. The van der Waals surface area contributed by atoms with Gasteiger partial charge in [0.05, 0.1) is 23.7 Å². The standard InChI is InChI=1S/C13H17F3N2O2S2/c1-9(2)3-5-20-18-8-10-7-17-13(21-10)22(19)6-4-11(14)12(15)16/h7-9H,3-6H2,1-2H3. The summed E-state index contributed by atoms with van der Waals surface area (Å²) in [6.45, 7) is 4.65. The molecule has 1 unspecified atom stereocenters. The highest BCUT2D eigenvalue weighted by Gasteiger charge is 2.18. The molecule has 124 valence electrons. The highest BCUT2D eigenvalue weighted by molar-refractivity contribution is 7.93. The largest absolute Gasteiger partial charge is 0.610 e. The number of halogens is 3. The van der Waals surface area contributed by atoms with E-state index >= 15 is 0 Å². The van der Waals surface area contributed by atoms with Gasteiger partial charge >= 0.3 is 10.4 Å². The van der Waals surface area contributed by atoms with Crippen molar-refractivity contribution < 1.29 is 22.6 Å². The zero-order valence-corrected chi connectivity index (χ0v) is 13.9. The molecule has 0 aromatic carbocycles. The van der Waals surface area contributed by atoms with Gasteiger partial charge in [-0.2, -0.15) is 13.8 Å². The van der Waals surface area contributed by atoms with E-state index in [1.807, 2.05) is 0 Å². The van der Waals surface area contributed by atoms with Crippen molar-refractivity contribution >= 4 is 28.7 Å². The van der Waals surface area contributed by atoms with E-state index in [0.717, 1.165) is 17.8 Å². The van der Waals surface area contributed by atoms with Crippen LogP contribution >= 0.6 is 11.3 Å². The van der Waals surface area contributed by atoms with E-state index in [-0.39, 0.29) is 10.1 Å². The summed E-state index contributed by atoms with van der Waals surface area (Å²) in [7, 11) is 0. The Kier molecular flexibility index (Phi) is 8.51. The first kappa shape index (κ1) is 19.0. The van der Waals surface area contributed by atoms with Gasteiger partial charge in [-0.25, -0.2) is 4.39 Å². The molecule has 0 saturated carbocycles. The van der Waals surface area contributed by atoms with Gasteiger partial charge in [0.1, 0.15) is 12.4 Å². The van der Waals surface area contributed by atoms with Crippen LogP contribution in [-0.4, -0.2) is 28.1 Å². The molecule has 4 nitrogen and oxygen atoms in total. The molecular formula is C13H17F3N2O2S2. The van der Waals surface area contributed by atoms with Crippen LogP contribution in [0.2, 0.25) is 0 Å². The first-order valence-corrected chi connectivity index (χ1v) is 8.73. The summed E-state index contributed by atoms with van der Waals surface area (Å²) in [6, 6.07) is 0. The second-order valence-electron chi connectivity index (χ2n) is 4.74. The average Bonchev–Trinajstić information content (AvgIpc) is 2.92. The summed E-state index contributed by atoms with van der Waals surface area (Å²) in [5.41, 5.74) is 0. The van der Waals surface area contributed by atoms with E-state index in [1.54, 1.807) is 0 Å². The van der Waals surface area contributed by atoms with Crippen molar-refractivity contribution in [2.75, 3.05) is 12.4 Å². The van der Waals surface area contributed by atoms with Crippen molar-refractivity contribution in [3.8, 4) is 0 Å². The maximum atomic E-state index is 12.6. The number of aromatic nitrogens is 1. The van der Waals surface area contributed by atoms with Crippen LogP contribution in [0.3, 0.4) is 0 Å². The normalized spacial score (nSPS) is 12.9. The third kappa shape index (κ3) is 7.28. The quantitative estimate of drug-likeness (QED) is 0.290. The molecule has 0 N–H and O–H groups in total. The molecule has 0 bridgehead atoms. The van der Waals surface area contributed by atoms with E-state index in [0.29, 0.717) is 17.4 Å². The summed E-state index contributed by atoms with van der Waals surface area (Å²) in [5, 5.41) is 3.76. The third-order valence-electron chi connectivity index (χ3n) is 2.45. The van der Waals surface area contributed by atoms with Crippen LogP contribution in [0.1, 0.15) is 31.6 Å². The van der Waals surface area contributed by atoms with Crippen LogP contribution in [0.5, 0.6) is 0 Å². The highest BCUT2D eigenvalue weighted by Crippen LogP contribution is 2.21. The van der Waals surface area contributed by atoms with Crippen LogP contribution in [-0.2, 0) is 16.0 Å². The molecule has 0 saturated heterocycles. The molecule has 1 rings (SSSR count). The Hall–Kier alpha value is -1.06. The van der Waals surface area contributed by atoms with Crippen molar-refractivity contribution in [2.45, 2.75) is 31.0 Å². The lowest BCUT2D eigenvalue weighted by atomic mass is 10.1. The number of thiazole rings is 1. The fraction of sp³-hybridized carbons (Fsp3) is 0.538. The zero-order chi connectivity index (χ0) is 16.5. The fourth-order valence-electron chi connectivity index (χ4n) is 1.23. The lowest BCUT2D eigenvalue weighted by molar-refractivity contribution is 0.134. The molecule has 22 heavy (non-hydrogen) atoms. The molecule has 0 aliphatic carbocycles. The van der Waals surface area contributed by atoms with E-state index in [4.69, 9.17) is 4.84 Å². The molecule has 9 heteroatoms. The number of nitrogens with zero attached hydrogens (tertiary/aromatic N) is 2. The predicted molar refractivity (Wildman–Crippen MR) is 81.4 cm³/mol. The summed E-state index contributed by atoms with van der Waals surface area (Å²) in [4.78, 5) is 9.59. The first-order valence-electron chi connectivity index (χ1n) is 6.59. The Morgan fingerprint density at radius 1 is 1.50 bits per heavy atom. The van der Waals surface area contributed by atoms with E-state index in [1.165, 1.54) is 12.4 Å². The molecule has 0 amide bonds. The first-order chi connectivity index (χ1) is 10.4. The molecule has 0 aliphatic rings. The van der Waals surface area contributed by atoms with Crippen molar-refractivity contribution in [1.82, 2.24) is 4.98 Å². The van der Waals surface area contributed by atoms with Gasteiger partial charge in [-0.3, -0.25) is 0 Å². The van der Waals surface area contributed by atoms with Crippen molar-refractivity contribution in [3.05, 3.63) is 23.0 Å². The van der Waals surface area contributed by atoms with Crippen molar-refractivity contribution in [1.29, 1.82) is 0 Å². The minimum atomic E-state index is -2.37. The molecule has 0 fully saturated rings. The molecule has 1 atom stereocenters. The lowest BCUT2D eigenvalue weighted by Crippen LogP contribution is -2.06. The predicted octanol–water partition coefficient (Wildman–Crippen LogP) is 4.12. The van der Waals surface area contributed by atoms with Gasteiger partial charge in [0.25, 0.3) is 0 Å². The van der Waals surface area contributed by atoms with Crippen LogP contribution in [0.15, 0.2) is 27.6 Å². The number of hydrogen-bond donors (Lipinski definition) is 0. The summed E-state index contributed by atoms with van der Waals surface area (Å²) < 4.78 is 48.5. The van der Waals surface area contributed by atoms with Crippen LogP contribution in [0, 0.1) is 5.92 Å². The Labute approximate surface area is 134 Å². The second kappa shape index (κ2) is 9.86. The fourth-order valence-corrected chi connectivity index (χ4v) is 3.36. The molecule has 0 radical (unpaired) electrons. The second-order valence-corrected chi connectivity index (χ2v) is 7.55. The average molecular weight is 354 g/mol. The summed E-state index contributed by atoms with van der Waals surface area (Å²) >= 11 is -0.519. The van der Waals surface area contributed by atoms with Crippen molar-refractivity contribution in [2.24, 2.45) is 11.1 Å². The molecule has 1 aromatic rings. The van der Waals surface area contributed by atoms with Gasteiger partial charge in [0, 0.05) is 11.2 Å². The lowest BCUT2D eigenvalue weighted by Gasteiger charge is -2.04. The number of allylic oxidation sites excluding steroid dienone is 1.